The smallest absolute Gasteiger partial charge is 0.267 e. The minimum absolute atomic E-state index is 0.181. The Morgan fingerprint density at radius 3 is 2.50 bits per heavy atom. The second-order valence-electron chi connectivity index (χ2n) is 6.06. The Balaban J connectivity index is 2.07. The molecule has 0 saturated carbocycles. The van der Waals surface area contributed by atoms with Crippen LogP contribution < -0.4 is 5.43 Å². The number of allylic oxidation sites excluding steroid dienone is 2. The van der Waals surface area contributed by atoms with Gasteiger partial charge in [-0.1, -0.05) is 35.4 Å². The summed E-state index contributed by atoms with van der Waals surface area (Å²) in [7, 11) is 0. The molecule has 3 nitrogen and oxygen atoms in total. The number of carbonyl (C=O) groups excluding carboxylic acids is 1. The molecule has 0 bridgehead atoms. The van der Waals surface area contributed by atoms with E-state index in [4.69, 9.17) is 0 Å². The molecule has 0 heterocycles. The number of hydrogen-bond donors (Lipinski definition) is 1. The van der Waals surface area contributed by atoms with Crippen LogP contribution in [0.4, 0.5) is 0 Å². The van der Waals surface area contributed by atoms with Crippen molar-refractivity contribution in [2.45, 2.75) is 33.6 Å². The minimum atomic E-state index is -0.181. The van der Waals surface area contributed by atoms with Gasteiger partial charge in [0.05, 0.1) is 5.71 Å². The third-order valence-electron chi connectivity index (χ3n) is 3.24. The molecule has 0 fully saturated rings. The van der Waals surface area contributed by atoms with E-state index in [0.29, 0.717) is 5.56 Å². The molecule has 1 aromatic rings. The zero-order valence-electron chi connectivity index (χ0n) is 12.0. The molecule has 0 radical (unpaired) electrons. The monoisotopic (exact) mass is 334 g/mol. The fourth-order valence-electron chi connectivity index (χ4n) is 2.55. The second kappa shape index (κ2) is 5.92. The largest absolute Gasteiger partial charge is 0.271 e. The van der Waals surface area contributed by atoms with Crippen molar-refractivity contribution in [3.63, 3.8) is 0 Å². The molecule has 2 rings (SSSR count). The average Bonchev–Trinajstić information content (AvgIpc) is 2.34. The summed E-state index contributed by atoms with van der Waals surface area (Å²) < 4.78 is 0.952. The standard InChI is InChI=1S/C16H19BrN2O/c1-11-8-14(10-16(2,3)9-11)18-19-15(20)12-4-6-13(17)7-5-12/h4-8H,9-10H2,1-3H3,(H,19,20)/b18-14+. The molecule has 0 unspecified atom stereocenters. The first kappa shape index (κ1) is 15.0. The summed E-state index contributed by atoms with van der Waals surface area (Å²) in [5.74, 6) is -0.181. The zero-order valence-corrected chi connectivity index (χ0v) is 13.6. The molecule has 0 atom stereocenters. The summed E-state index contributed by atoms with van der Waals surface area (Å²) in [6, 6.07) is 7.22. The first-order valence-corrected chi connectivity index (χ1v) is 7.45. The van der Waals surface area contributed by atoms with Gasteiger partial charge in [0.15, 0.2) is 0 Å². The van der Waals surface area contributed by atoms with Crippen molar-refractivity contribution in [1.82, 2.24) is 5.43 Å². The lowest BCUT2D eigenvalue weighted by atomic mass is 9.77. The van der Waals surface area contributed by atoms with E-state index in [2.05, 4.69) is 53.3 Å². The van der Waals surface area contributed by atoms with E-state index in [1.165, 1.54) is 5.57 Å². The van der Waals surface area contributed by atoms with Gasteiger partial charge in [0, 0.05) is 10.0 Å². The van der Waals surface area contributed by atoms with Gasteiger partial charge in [0.1, 0.15) is 0 Å². The van der Waals surface area contributed by atoms with Gasteiger partial charge in [-0.3, -0.25) is 4.79 Å². The summed E-state index contributed by atoms with van der Waals surface area (Å²) in [4.78, 5) is 12.0. The molecule has 1 N–H and O–H groups in total. The fourth-order valence-corrected chi connectivity index (χ4v) is 2.82. The van der Waals surface area contributed by atoms with E-state index in [9.17, 15) is 4.79 Å². The molecular formula is C16H19BrN2O. The zero-order chi connectivity index (χ0) is 14.8. The van der Waals surface area contributed by atoms with Crippen LogP contribution >= 0.6 is 15.9 Å². The highest BCUT2D eigenvalue weighted by Crippen LogP contribution is 2.33. The maximum atomic E-state index is 12.0. The quantitative estimate of drug-likeness (QED) is 0.805. The lowest BCUT2D eigenvalue weighted by molar-refractivity contribution is 0.0954. The van der Waals surface area contributed by atoms with Gasteiger partial charge in [-0.2, -0.15) is 5.10 Å². The number of amides is 1. The van der Waals surface area contributed by atoms with Crippen LogP contribution in [0.2, 0.25) is 0 Å². The summed E-state index contributed by atoms with van der Waals surface area (Å²) in [5.41, 5.74) is 5.69. The minimum Gasteiger partial charge on any atom is -0.267 e. The van der Waals surface area contributed by atoms with E-state index in [0.717, 1.165) is 23.0 Å². The van der Waals surface area contributed by atoms with Crippen molar-refractivity contribution in [1.29, 1.82) is 0 Å². The third-order valence-corrected chi connectivity index (χ3v) is 3.77. The Bertz CT molecular complexity index is 571. The Kier molecular flexibility index (Phi) is 4.43. The second-order valence-corrected chi connectivity index (χ2v) is 6.98. The van der Waals surface area contributed by atoms with Gasteiger partial charge in [-0.15, -0.1) is 0 Å². The average molecular weight is 335 g/mol. The molecule has 1 aliphatic carbocycles. The Labute approximate surface area is 128 Å². The van der Waals surface area contributed by atoms with Crippen LogP contribution in [0.3, 0.4) is 0 Å². The highest BCUT2D eigenvalue weighted by atomic mass is 79.9. The number of nitrogens with one attached hydrogen (secondary N) is 1. The predicted molar refractivity (Wildman–Crippen MR) is 85.8 cm³/mol. The van der Waals surface area contributed by atoms with Crippen LogP contribution in [-0.2, 0) is 0 Å². The predicted octanol–water partition coefficient (Wildman–Crippen LogP) is 4.30. The van der Waals surface area contributed by atoms with E-state index < -0.39 is 0 Å². The van der Waals surface area contributed by atoms with Crippen molar-refractivity contribution in [3.8, 4) is 0 Å². The SMILES string of the molecule is CC1=C/C(=N\NC(=O)c2ccc(Br)cc2)CC(C)(C)C1. The van der Waals surface area contributed by atoms with Crippen molar-refractivity contribution in [2.24, 2.45) is 10.5 Å². The molecule has 0 aromatic heterocycles. The van der Waals surface area contributed by atoms with E-state index in [1.54, 1.807) is 12.1 Å². The third kappa shape index (κ3) is 4.04. The number of halogens is 1. The van der Waals surface area contributed by atoms with Crippen molar-refractivity contribution < 1.29 is 4.79 Å². The van der Waals surface area contributed by atoms with Crippen molar-refractivity contribution in [3.05, 3.63) is 46.0 Å². The van der Waals surface area contributed by atoms with Crippen LogP contribution in [0.15, 0.2) is 45.5 Å². The number of rotatable bonds is 2. The van der Waals surface area contributed by atoms with E-state index >= 15 is 0 Å². The molecular weight excluding hydrogens is 316 g/mol. The first-order chi connectivity index (χ1) is 9.35. The molecule has 1 amide bonds. The summed E-state index contributed by atoms with van der Waals surface area (Å²) in [5, 5.41) is 4.26. The van der Waals surface area contributed by atoms with E-state index in [1.807, 2.05) is 12.1 Å². The number of benzene rings is 1. The molecule has 4 heteroatoms. The molecule has 1 aliphatic rings. The van der Waals surface area contributed by atoms with Crippen LogP contribution in [0.5, 0.6) is 0 Å². The summed E-state index contributed by atoms with van der Waals surface area (Å²) in [6.45, 7) is 6.54. The topological polar surface area (TPSA) is 41.5 Å². The van der Waals surface area contributed by atoms with Gasteiger partial charge in [-0.05, 0) is 55.5 Å². The van der Waals surface area contributed by atoms with Crippen LogP contribution in [0.1, 0.15) is 44.0 Å². The number of hydrazone groups is 1. The number of hydrogen-bond acceptors (Lipinski definition) is 2. The highest BCUT2D eigenvalue weighted by Gasteiger charge is 2.24. The lowest BCUT2D eigenvalue weighted by Crippen LogP contribution is -2.25. The van der Waals surface area contributed by atoms with Crippen molar-refractivity contribution >= 4 is 27.5 Å². The normalized spacial score (nSPS) is 19.6. The first-order valence-electron chi connectivity index (χ1n) is 6.65. The van der Waals surface area contributed by atoms with Gasteiger partial charge in [0.25, 0.3) is 5.91 Å². The highest BCUT2D eigenvalue weighted by molar-refractivity contribution is 9.10. The molecule has 106 valence electrons. The van der Waals surface area contributed by atoms with Gasteiger partial charge >= 0.3 is 0 Å². The van der Waals surface area contributed by atoms with Gasteiger partial charge < -0.3 is 0 Å². The van der Waals surface area contributed by atoms with Crippen LogP contribution in [0, 0.1) is 5.41 Å². The molecule has 0 saturated heterocycles. The maximum absolute atomic E-state index is 12.0. The number of carbonyl (C=O) groups is 1. The Morgan fingerprint density at radius 2 is 1.90 bits per heavy atom. The molecule has 0 spiro atoms. The van der Waals surface area contributed by atoms with Gasteiger partial charge in [-0.25, -0.2) is 5.43 Å². The summed E-state index contributed by atoms with van der Waals surface area (Å²) in [6.07, 6.45) is 4.02. The Hall–Kier alpha value is -1.42. The van der Waals surface area contributed by atoms with E-state index in [-0.39, 0.29) is 11.3 Å². The van der Waals surface area contributed by atoms with Crippen molar-refractivity contribution in [2.75, 3.05) is 0 Å². The van der Waals surface area contributed by atoms with Crippen LogP contribution in [0.25, 0.3) is 0 Å². The molecule has 20 heavy (non-hydrogen) atoms. The Morgan fingerprint density at radius 1 is 1.25 bits per heavy atom. The van der Waals surface area contributed by atoms with Crippen LogP contribution in [-0.4, -0.2) is 11.6 Å². The number of nitrogens with zero attached hydrogens (tertiary/aromatic N) is 1. The fraction of sp³-hybridized carbons (Fsp3) is 0.375. The molecule has 0 aliphatic heterocycles. The maximum Gasteiger partial charge on any atom is 0.271 e. The lowest BCUT2D eigenvalue weighted by Gasteiger charge is -2.29. The van der Waals surface area contributed by atoms with Gasteiger partial charge in [0.2, 0.25) is 0 Å². The molecule has 1 aromatic carbocycles. The summed E-state index contributed by atoms with van der Waals surface area (Å²) >= 11 is 3.35.